The summed E-state index contributed by atoms with van der Waals surface area (Å²) in [5.74, 6) is 0. The van der Waals surface area contributed by atoms with Crippen molar-refractivity contribution in [3.8, 4) is 0 Å². The molecular formula is C14H19F3N2O2. The maximum absolute atomic E-state index is 12.7. The molecular weight excluding hydrogens is 285 g/mol. The van der Waals surface area contributed by atoms with Crippen LogP contribution in [0.1, 0.15) is 44.9 Å². The summed E-state index contributed by atoms with van der Waals surface area (Å²) < 4.78 is 43.2. The number of ether oxygens (including phenoxy) is 1. The maximum Gasteiger partial charge on any atom is 0.416 e. The molecule has 0 saturated heterocycles. The fourth-order valence-electron chi connectivity index (χ4n) is 1.65. The third kappa shape index (κ3) is 5.26. The predicted molar refractivity (Wildman–Crippen MR) is 73.9 cm³/mol. The van der Waals surface area contributed by atoms with Gasteiger partial charge < -0.3 is 10.5 Å². The Bertz CT molecular complexity index is 520. The van der Waals surface area contributed by atoms with Crippen LogP contribution in [0.5, 0.6) is 0 Å². The van der Waals surface area contributed by atoms with Gasteiger partial charge in [0.15, 0.2) is 0 Å². The van der Waals surface area contributed by atoms with Gasteiger partial charge in [-0.3, -0.25) is 5.32 Å². The molecule has 0 aliphatic carbocycles. The van der Waals surface area contributed by atoms with E-state index in [2.05, 4.69) is 5.32 Å². The van der Waals surface area contributed by atoms with Crippen molar-refractivity contribution in [3.63, 3.8) is 0 Å². The number of rotatable bonds is 2. The zero-order valence-electron chi connectivity index (χ0n) is 12.3. The van der Waals surface area contributed by atoms with Gasteiger partial charge in [0.1, 0.15) is 5.60 Å². The van der Waals surface area contributed by atoms with Crippen LogP contribution in [0.2, 0.25) is 0 Å². The molecule has 1 rings (SSSR count). The third-order valence-electron chi connectivity index (χ3n) is 2.51. The first-order chi connectivity index (χ1) is 9.40. The van der Waals surface area contributed by atoms with Crippen LogP contribution in [-0.4, -0.2) is 11.7 Å². The Hall–Kier alpha value is -1.76. The van der Waals surface area contributed by atoms with Crippen LogP contribution >= 0.6 is 0 Å². The number of hydrogen-bond acceptors (Lipinski definition) is 3. The summed E-state index contributed by atoms with van der Waals surface area (Å²) >= 11 is 0. The highest BCUT2D eigenvalue weighted by Gasteiger charge is 2.31. The number of nitrogens with two attached hydrogens (primary N) is 1. The predicted octanol–water partition coefficient (Wildman–Crippen LogP) is 4.07. The molecule has 1 aromatic carbocycles. The van der Waals surface area contributed by atoms with Gasteiger partial charge >= 0.3 is 12.3 Å². The molecule has 0 radical (unpaired) electrons. The van der Waals surface area contributed by atoms with E-state index in [0.29, 0.717) is 5.56 Å². The Morgan fingerprint density at radius 2 is 1.86 bits per heavy atom. The molecule has 1 aromatic rings. The molecule has 0 heterocycles. The molecule has 1 amide bonds. The molecule has 4 nitrogen and oxygen atoms in total. The number of benzene rings is 1. The number of carbonyl (C=O) groups is 1. The van der Waals surface area contributed by atoms with Gasteiger partial charge in [0.2, 0.25) is 0 Å². The van der Waals surface area contributed by atoms with Gasteiger partial charge in [-0.15, -0.1) is 0 Å². The summed E-state index contributed by atoms with van der Waals surface area (Å²) in [6, 6.07) is 2.50. The van der Waals surface area contributed by atoms with E-state index in [4.69, 9.17) is 10.5 Å². The zero-order chi connectivity index (χ0) is 16.4. The lowest BCUT2D eigenvalue weighted by atomic mass is 10.0. The summed E-state index contributed by atoms with van der Waals surface area (Å²) in [5, 5.41) is 2.32. The van der Waals surface area contributed by atoms with Crippen molar-refractivity contribution in [3.05, 3.63) is 29.3 Å². The molecule has 7 heteroatoms. The molecule has 0 aliphatic heterocycles. The Kier molecular flexibility index (Phi) is 4.88. The minimum Gasteiger partial charge on any atom is -0.444 e. The monoisotopic (exact) mass is 304 g/mol. The first-order valence-corrected chi connectivity index (χ1v) is 6.37. The Labute approximate surface area is 121 Å². The van der Waals surface area contributed by atoms with Gasteiger partial charge in [0, 0.05) is 11.7 Å². The second kappa shape index (κ2) is 5.93. The highest BCUT2D eigenvalue weighted by molar-refractivity contribution is 5.86. The maximum atomic E-state index is 12.7. The van der Waals surface area contributed by atoms with Gasteiger partial charge in [0.05, 0.1) is 5.56 Å². The van der Waals surface area contributed by atoms with Gasteiger partial charge in [0.25, 0.3) is 0 Å². The van der Waals surface area contributed by atoms with Crippen molar-refractivity contribution >= 4 is 11.8 Å². The van der Waals surface area contributed by atoms with E-state index in [9.17, 15) is 18.0 Å². The average molecular weight is 304 g/mol. The van der Waals surface area contributed by atoms with Crippen LogP contribution in [0.4, 0.5) is 23.7 Å². The van der Waals surface area contributed by atoms with Crippen molar-refractivity contribution in [2.45, 2.75) is 45.5 Å². The van der Waals surface area contributed by atoms with E-state index in [1.54, 1.807) is 27.7 Å². The molecule has 21 heavy (non-hydrogen) atoms. The van der Waals surface area contributed by atoms with Gasteiger partial charge in [-0.25, -0.2) is 4.79 Å². The lowest BCUT2D eigenvalue weighted by molar-refractivity contribution is -0.137. The minimum atomic E-state index is -4.50. The van der Waals surface area contributed by atoms with E-state index < -0.39 is 29.5 Å². The molecule has 0 spiro atoms. The number of carbonyl (C=O) groups excluding carboxylic acids is 1. The van der Waals surface area contributed by atoms with E-state index in [1.165, 1.54) is 6.07 Å². The summed E-state index contributed by atoms with van der Waals surface area (Å²) in [5.41, 5.74) is 4.48. The molecule has 0 fully saturated rings. The number of nitrogens with one attached hydrogen (secondary N) is 1. The zero-order valence-corrected chi connectivity index (χ0v) is 12.3. The second-order valence-corrected chi connectivity index (χ2v) is 5.72. The van der Waals surface area contributed by atoms with Crippen molar-refractivity contribution in [2.24, 2.45) is 5.73 Å². The molecule has 0 aromatic heterocycles. The Morgan fingerprint density at radius 3 is 2.29 bits per heavy atom. The van der Waals surface area contributed by atoms with E-state index in [-0.39, 0.29) is 5.69 Å². The normalized spacial score (nSPS) is 13.7. The topological polar surface area (TPSA) is 64.3 Å². The summed E-state index contributed by atoms with van der Waals surface area (Å²) in [4.78, 5) is 11.7. The number of halogens is 3. The van der Waals surface area contributed by atoms with E-state index in [1.807, 2.05) is 0 Å². The smallest absolute Gasteiger partial charge is 0.416 e. The Morgan fingerprint density at radius 1 is 1.29 bits per heavy atom. The number of anilines is 1. The van der Waals surface area contributed by atoms with Crippen LogP contribution in [0.15, 0.2) is 18.2 Å². The molecule has 0 aliphatic rings. The summed E-state index contributed by atoms with van der Waals surface area (Å²) in [7, 11) is 0. The van der Waals surface area contributed by atoms with Crippen molar-refractivity contribution in [2.75, 3.05) is 5.32 Å². The van der Waals surface area contributed by atoms with Crippen LogP contribution in [0.25, 0.3) is 0 Å². The second-order valence-electron chi connectivity index (χ2n) is 5.72. The summed E-state index contributed by atoms with van der Waals surface area (Å²) in [6.07, 6.45) is -5.33. The average Bonchev–Trinajstić information content (AvgIpc) is 2.24. The largest absolute Gasteiger partial charge is 0.444 e. The number of amides is 1. The lowest BCUT2D eigenvalue weighted by Gasteiger charge is -2.21. The fourth-order valence-corrected chi connectivity index (χ4v) is 1.65. The molecule has 0 bridgehead atoms. The van der Waals surface area contributed by atoms with Gasteiger partial charge in [-0.2, -0.15) is 13.2 Å². The summed E-state index contributed by atoms with van der Waals surface area (Å²) in [6.45, 7) is 6.59. The van der Waals surface area contributed by atoms with Crippen LogP contribution in [-0.2, 0) is 10.9 Å². The molecule has 0 saturated carbocycles. The lowest BCUT2D eigenvalue weighted by Crippen LogP contribution is -2.28. The molecule has 1 unspecified atom stereocenters. The van der Waals surface area contributed by atoms with Crippen molar-refractivity contribution in [1.82, 2.24) is 0 Å². The highest BCUT2D eigenvalue weighted by Crippen LogP contribution is 2.33. The standard InChI is InChI=1S/C14H19F3N2O2/c1-8(18)10-6-5-9(14(15,16)17)7-11(10)19-12(20)21-13(2,3)4/h5-8H,18H2,1-4H3,(H,19,20). The molecule has 3 N–H and O–H groups in total. The number of alkyl halides is 3. The van der Waals surface area contributed by atoms with Gasteiger partial charge in [-0.1, -0.05) is 6.07 Å². The quantitative estimate of drug-likeness (QED) is 0.865. The minimum absolute atomic E-state index is 0.00549. The highest BCUT2D eigenvalue weighted by atomic mass is 19.4. The SMILES string of the molecule is CC(N)c1ccc(C(F)(F)F)cc1NC(=O)OC(C)(C)C. The van der Waals surface area contributed by atoms with Crippen molar-refractivity contribution < 1.29 is 22.7 Å². The fraction of sp³-hybridized carbons (Fsp3) is 0.500. The first-order valence-electron chi connectivity index (χ1n) is 6.37. The molecule has 118 valence electrons. The van der Waals surface area contributed by atoms with E-state index >= 15 is 0 Å². The number of hydrogen-bond donors (Lipinski definition) is 2. The van der Waals surface area contributed by atoms with Crippen molar-refractivity contribution in [1.29, 1.82) is 0 Å². The van der Waals surface area contributed by atoms with E-state index in [0.717, 1.165) is 12.1 Å². The van der Waals surface area contributed by atoms with Gasteiger partial charge in [-0.05, 0) is 45.4 Å². The van der Waals surface area contributed by atoms with Crippen LogP contribution < -0.4 is 11.1 Å². The third-order valence-corrected chi connectivity index (χ3v) is 2.51. The Balaban J connectivity index is 3.10. The molecule has 1 atom stereocenters. The van der Waals surface area contributed by atoms with Crippen LogP contribution in [0.3, 0.4) is 0 Å². The van der Waals surface area contributed by atoms with Crippen LogP contribution in [0, 0.1) is 0 Å². The first kappa shape index (κ1) is 17.3.